The van der Waals surface area contributed by atoms with Crippen LogP contribution in [0.1, 0.15) is 12.5 Å². The minimum atomic E-state index is -3.76. The summed E-state index contributed by atoms with van der Waals surface area (Å²) in [5.41, 5.74) is 2.11. The lowest BCUT2D eigenvalue weighted by atomic mass is 10.1. The molecule has 26 heavy (non-hydrogen) atoms. The summed E-state index contributed by atoms with van der Waals surface area (Å²) in [6.07, 6.45) is 0.629. The molecule has 0 aromatic heterocycles. The van der Waals surface area contributed by atoms with Gasteiger partial charge < -0.3 is 10.2 Å². The third-order valence-electron chi connectivity index (χ3n) is 4.28. The number of carbonyl (C=O) groups is 1. The van der Waals surface area contributed by atoms with E-state index in [0.717, 1.165) is 11.3 Å². The Morgan fingerprint density at radius 1 is 1.31 bits per heavy atom. The van der Waals surface area contributed by atoms with E-state index in [1.54, 1.807) is 30.3 Å². The van der Waals surface area contributed by atoms with Crippen LogP contribution in [0.4, 0.5) is 11.4 Å². The zero-order valence-electron chi connectivity index (χ0n) is 13.9. The minimum absolute atomic E-state index is 0.0429. The first kappa shape index (κ1) is 19.0. The summed E-state index contributed by atoms with van der Waals surface area (Å²) in [6.45, 7) is 2.07. The molecule has 0 aliphatic carbocycles. The highest BCUT2D eigenvalue weighted by Crippen LogP contribution is 2.34. The first-order chi connectivity index (χ1) is 12.2. The van der Waals surface area contributed by atoms with E-state index in [4.69, 9.17) is 28.3 Å². The predicted octanol–water partition coefficient (Wildman–Crippen LogP) is 3.03. The Bertz CT molecular complexity index is 979. The lowest BCUT2D eigenvalue weighted by molar-refractivity contribution is -0.115. The maximum absolute atomic E-state index is 12.4. The molecule has 2 aromatic rings. The molecule has 1 aliphatic rings. The fourth-order valence-electron chi connectivity index (χ4n) is 3.03. The van der Waals surface area contributed by atoms with Crippen LogP contribution in [-0.4, -0.2) is 26.9 Å². The quantitative estimate of drug-likeness (QED) is 0.805. The minimum Gasteiger partial charge on any atom is -0.359 e. The SMILES string of the molecule is C[C@@H]1Cc2cc(S(N)(=O)=O)ccc2N1CC(=O)Nc1cccc(Cl)c1Cl. The van der Waals surface area contributed by atoms with Gasteiger partial charge in [-0.3, -0.25) is 4.79 Å². The van der Waals surface area contributed by atoms with Crippen molar-refractivity contribution in [3.63, 3.8) is 0 Å². The van der Waals surface area contributed by atoms with Crippen molar-refractivity contribution in [1.82, 2.24) is 0 Å². The number of nitrogens with one attached hydrogen (secondary N) is 1. The van der Waals surface area contributed by atoms with Crippen LogP contribution in [0, 0.1) is 0 Å². The molecule has 2 aromatic carbocycles. The number of sulfonamides is 1. The van der Waals surface area contributed by atoms with Crippen molar-refractivity contribution in [3.05, 3.63) is 52.0 Å². The Morgan fingerprint density at radius 3 is 2.73 bits per heavy atom. The average Bonchev–Trinajstić information content (AvgIpc) is 2.86. The zero-order chi connectivity index (χ0) is 19.1. The van der Waals surface area contributed by atoms with Crippen LogP contribution in [0.3, 0.4) is 0 Å². The van der Waals surface area contributed by atoms with E-state index in [1.807, 2.05) is 11.8 Å². The van der Waals surface area contributed by atoms with Crippen LogP contribution in [0.5, 0.6) is 0 Å². The molecule has 6 nitrogen and oxygen atoms in total. The van der Waals surface area contributed by atoms with Crippen LogP contribution >= 0.6 is 23.2 Å². The number of rotatable bonds is 4. The van der Waals surface area contributed by atoms with E-state index in [2.05, 4.69) is 5.32 Å². The number of halogens is 2. The van der Waals surface area contributed by atoms with Gasteiger partial charge in [0.15, 0.2) is 0 Å². The predicted molar refractivity (Wildman–Crippen MR) is 103 cm³/mol. The van der Waals surface area contributed by atoms with Crippen LogP contribution in [0.15, 0.2) is 41.3 Å². The number of primary sulfonamides is 1. The Labute approximate surface area is 161 Å². The molecule has 0 fully saturated rings. The number of hydrogen-bond acceptors (Lipinski definition) is 4. The number of benzene rings is 2. The van der Waals surface area contributed by atoms with E-state index in [1.165, 1.54) is 6.07 Å². The first-order valence-corrected chi connectivity index (χ1v) is 10.1. The van der Waals surface area contributed by atoms with Crippen LogP contribution in [-0.2, 0) is 21.2 Å². The van der Waals surface area contributed by atoms with E-state index in [-0.39, 0.29) is 28.4 Å². The molecule has 0 spiro atoms. The molecule has 138 valence electrons. The summed E-state index contributed by atoms with van der Waals surface area (Å²) in [5.74, 6) is -0.246. The van der Waals surface area contributed by atoms with E-state index in [9.17, 15) is 13.2 Å². The van der Waals surface area contributed by atoms with E-state index < -0.39 is 10.0 Å². The van der Waals surface area contributed by atoms with Gasteiger partial charge in [0.2, 0.25) is 15.9 Å². The second kappa shape index (κ2) is 7.08. The molecule has 1 amide bonds. The molecule has 0 saturated carbocycles. The molecular weight excluding hydrogens is 397 g/mol. The molecule has 1 aliphatic heterocycles. The van der Waals surface area contributed by atoms with Crippen LogP contribution in [0.25, 0.3) is 0 Å². The Hall–Kier alpha value is -1.80. The van der Waals surface area contributed by atoms with Crippen LogP contribution < -0.4 is 15.4 Å². The molecule has 0 unspecified atom stereocenters. The zero-order valence-corrected chi connectivity index (χ0v) is 16.2. The summed E-state index contributed by atoms with van der Waals surface area (Å²) >= 11 is 12.1. The Morgan fingerprint density at radius 2 is 2.04 bits per heavy atom. The highest BCUT2D eigenvalue weighted by molar-refractivity contribution is 7.89. The summed E-state index contributed by atoms with van der Waals surface area (Å²) in [5, 5.41) is 8.58. The van der Waals surface area contributed by atoms with Gasteiger partial charge in [-0.1, -0.05) is 29.3 Å². The molecule has 9 heteroatoms. The highest BCUT2D eigenvalue weighted by atomic mass is 35.5. The normalized spacial score (nSPS) is 16.5. The molecule has 0 radical (unpaired) electrons. The largest absolute Gasteiger partial charge is 0.359 e. The summed E-state index contributed by atoms with van der Waals surface area (Å²) in [4.78, 5) is 14.4. The molecule has 1 atom stereocenters. The van der Waals surface area contributed by atoms with Gasteiger partial charge in [0, 0.05) is 11.7 Å². The van der Waals surface area contributed by atoms with Crippen LogP contribution in [0.2, 0.25) is 10.0 Å². The third-order valence-corrected chi connectivity index (χ3v) is 6.01. The Balaban J connectivity index is 1.79. The number of amides is 1. The smallest absolute Gasteiger partial charge is 0.243 e. The highest BCUT2D eigenvalue weighted by Gasteiger charge is 2.28. The third kappa shape index (κ3) is 3.81. The Kier molecular flexibility index (Phi) is 5.16. The van der Waals surface area contributed by atoms with Gasteiger partial charge in [0.25, 0.3) is 0 Å². The lowest BCUT2D eigenvalue weighted by Gasteiger charge is -2.24. The van der Waals surface area contributed by atoms with Crippen molar-refractivity contribution >= 4 is 50.5 Å². The second-order valence-corrected chi connectivity index (χ2v) is 8.51. The van der Waals surface area contributed by atoms with Crippen molar-refractivity contribution in [3.8, 4) is 0 Å². The molecular formula is C17H17Cl2N3O3S. The molecule has 3 N–H and O–H groups in total. The van der Waals surface area contributed by atoms with Gasteiger partial charge in [-0.2, -0.15) is 0 Å². The summed E-state index contributed by atoms with van der Waals surface area (Å²) in [6, 6.07) is 9.75. The van der Waals surface area contributed by atoms with Gasteiger partial charge in [0.1, 0.15) is 0 Å². The van der Waals surface area contributed by atoms with E-state index in [0.29, 0.717) is 17.1 Å². The number of fused-ring (bicyclic) bond motifs is 1. The topological polar surface area (TPSA) is 92.5 Å². The lowest BCUT2D eigenvalue weighted by Crippen LogP contribution is -2.37. The van der Waals surface area contributed by atoms with Crippen molar-refractivity contribution in [2.75, 3.05) is 16.8 Å². The van der Waals surface area contributed by atoms with Gasteiger partial charge in [-0.15, -0.1) is 0 Å². The standard InChI is InChI=1S/C17H17Cl2N3O3S/c1-10-7-11-8-12(26(20,24)25)5-6-15(11)22(10)9-16(23)21-14-4-2-3-13(18)17(14)19/h2-6,8,10H,7,9H2,1H3,(H,21,23)(H2,20,24,25)/t10-/m1/s1. The fourth-order valence-corrected chi connectivity index (χ4v) is 3.95. The van der Waals surface area contributed by atoms with Crippen molar-refractivity contribution < 1.29 is 13.2 Å². The van der Waals surface area contributed by atoms with Gasteiger partial charge in [-0.05, 0) is 49.2 Å². The van der Waals surface area contributed by atoms with Gasteiger partial charge >= 0.3 is 0 Å². The second-order valence-electron chi connectivity index (χ2n) is 6.17. The summed E-state index contributed by atoms with van der Waals surface area (Å²) in [7, 11) is -3.76. The summed E-state index contributed by atoms with van der Waals surface area (Å²) < 4.78 is 23.0. The van der Waals surface area contributed by atoms with Crippen molar-refractivity contribution in [2.24, 2.45) is 5.14 Å². The number of nitrogens with zero attached hydrogens (tertiary/aromatic N) is 1. The monoisotopic (exact) mass is 413 g/mol. The molecule has 0 saturated heterocycles. The molecule has 3 rings (SSSR count). The maximum atomic E-state index is 12.4. The van der Waals surface area contributed by atoms with Crippen molar-refractivity contribution in [1.29, 1.82) is 0 Å². The number of hydrogen-bond donors (Lipinski definition) is 2. The van der Waals surface area contributed by atoms with Gasteiger partial charge in [-0.25, -0.2) is 13.6 Å². The van der Waals surface area contributed by atoms with E-state index >= 15 is 0 Å². The maximum Gasteiger partial charge on any atom is 0.243 e. The number of nitrogens with two attached hydrogens (primary N) is 1. The first-order valence-electron chi connectivity index (χ1n) is 7.83. The molecule has 1 heterocycles. The number of anilines is 2. The average molecular weight is 414 g/mol. The fraction of sp³-hybridized carbons (Fsp3) is 0.235. The van der Waals surface area contributed by atoms with Gasteiger partial charge in [0.05, 0.1) is 27.2 Å². The molecule has 0 bridgehead atoms. The van der Waals surface area contributed by atoms with Crippen molar-refractivity contribution in [2.45, 2.75) is 24.3 Å². The number of carbonyl (C=O) groups excluding carboxylic acids is 1.